The van der Waals surface area contributed by atoms with E-state index in [1.807, 2.05) is 12.1 Å². The van der Waals surface area contributed by atoms with Crippen LogP contribution in [0.15, 0.2) is 39.2 Å². The average Bonchev–Trinajstić information content (AvgIpc) is 2.84. The number of carbonyl (C=O) groups excluding carboxylic acids is 1. The van der Waals surface area contributed by atoms with Crippen LogP contribution in [0.1, 0.15) is 15.2 Å². The van der Waals surface area contributed by atoms with Crippen molar-refractivity contribution < 1.29 is 9.53 Å². The summed E-state index contributed by atoms with van der Waals surface area (Å²) in [7, 11) is 1.60. The molecule has 20 heavy (non-hydrogen) atoms. The zero-order valence-electron chi connectivity index (χ0n) is 10.4. The minimum absolute atomic E-state index is 0.252. The molecule has 1 amide bonds. The van der Waals surface area contributed by atoms with Gasteiger partial charge >= 0.3 is 0 Å². The highest BCUT2D eigenvalue weighted by Crippen LogP contribution is 2.22. The van der Waals surface area contributed by atoms with Crippen molar-refractivity contribution in [3.8, 4) is 5.75 Å². The smallest absolute Gasteiger partial charge is 0.271 e. The molecule has 2 rings (SSSR count). The molecule has 0 unspecified atom stereocenters. The van der Waals surface area contributed by atoms with Crippen molar-refractivity contribution in [1.82, 2.24) is 5.43 Å². The summed E-state index contributed by atoms with van der Waals surface area (Å²) in [5.41, 5.74) is 3.04. The Morgan fingerprint density at radius 1 is 1.45 bits per heavy atom. The van der Waals surface area contributed by atoms with Crippen LogP contribution in [0.3, 0.4) is 0 Å². The summed E-state index contributed by atoms with van der Waals surface area (Å²) in [5, 5.41) is 3.93. The Balaban J connectivity index is 2.01. The van der Waals surface area contributed by atoms with Crippen LogP contribution in [-0.2, 0) is 0 Å². The monoisotopic (exact) mass is 464 g/mol. The van der Waals surface area contributed by atoms with Crippen molar-refractivity contribution in [1.29, 1.82) is 0 Å². The van der Waals surface area contributed by atoms with Gasteiger partial charge in [0, 0.05) is 10.4 Å². The Bertz CT molecular complexity index is 658. The molecule has 1 aromatic heterocycles. The summed E-state index contributed by atoms with van der Waals surface area (Å²) in [6.07, 6.45) is 1.61. The van der Waals surface area contributed by atoms with Gasteiger partial charge in [0.1, 0.15) is 5.75 Å². The second kappa shape index (κ2) is 7.19. The second-order valence-electron chi connectivity index (χ2n) is 3.69. The third-order valence-corrected chi connectivity index (χ3v) is 4.77. The largest absolute Gasteiger partial charge is 0.496 e. The Kier molecular flexibility index (Phi) is 5.55. The minimum atomic E-state index is -0.252. The second-order valence-corrected chi connectivity index (χ2v) is 7.35. The van der Waals surface area contributed by atoms with E-state index in [1.54, 1.807) is 42.9 Å². The molecule has 0 saturated heterocycles. The van der Waals surface area contributed by atoms with Crippen LogP contribution in [0.5, 0.6) is 5.75 Å². The lowest BCUT2D eigenvalue weighted by Crippen LogP contribution is -2.17. The molecule has 1 aromatic carbocycles. The van der Waals surface area contributed by atoms with E-state index < -0.39 is 0 Å². The van der Waals surface area contributed by atoms with Gasteiger partial charge in [-0.2, -0.15) is 5.10 Å². The third-order valence-electron chi connectivity index (χ3n) is 2.37. The summed E-state index contributed by atoms with van der Waals surface area (Å²) in [5.74, 6) is 0.492. The van der Waals surface area contributed by atoms with Gasteiger partial charge in [-0.1, -0.05) is 0 Å². The number of hydrogen-bond acceptors (Lipinski definition) is 4. The molecule has 0 atom stereocenters. The average molecular weight is 465 g/mol. The normalized spacial score (nSPS) is 10.8. The highest BCUT2D eigenvalue weighted by molar-refractivity contribution is 14.1. The molecule has 0 aliphatic rings. The number of halogens is 2. The van der Waals surface area contributed by atoms with Gasteiger partial charge in [-0.3, -0.25) is 4.79 Å². The zero-order chi connectivity index (χ0) is 14.5. The number of methoxy groups -OCH3 is 1. The Morgan fingerprint density at radius 2 is 2.25 bits per heavy atom. The quantitative estimate of drug-likeness (QED) is 0.424. The Morgan fingerprint density at radius 3 is 2.85 bits per heavy atom. The Hall–Kier alpha value is -0.930. The van der Waals surface area contributed by atoms with Crippen molar-refractivity contribution in [3.05, 3.63) is 48.1 Å². The third kappa shape index (κ3) is 4.03. The van der Waals surface area contributed by atoms with Crippen LogP contribution < -0.4 is 10.2 Å². The van der Waals surface area contributed by atoms with Gasteiger partial charge in [0.25, 0.3) is 5.91 Å². The zero-order valence-corrected chi connectivity index (χ0v) is 15.0. The Labute approximate surface area is 142 Å². The fraction of sp³-hybridized carbons (Fsp3) is 0.0769. The van der Waals surface area contributed by atoms with Crippen LogP contribution in [0.4, 0.5) is 0 Å². The summed E-state index contributed by atoms with van der Waals surface area (Å²) < 4.78 is 7.05. The lowest BCUT2D eigenvalue weighted by Gasteiger charge is -2.05. The van der Waals surface area contributed by atoms with E-state index in [0.717, 1.165) is 18.0 Å². The molecule has 1 heterocycles. The number of thiophene rings is 1. The molecule has 0 bridgehead atoms. The molecule has 0 aliphatic carbocycles. The number of ether oxygens (including phenoxy) is 1. The van der Waals surface area contributed by atoms with Crippen molar-refractivity contribution in [2.45, 2.75) is 0 Å². The van der Waals surface area contributed by atoms with Crippen LogP contribution >= 0.6 is 49.9 Å². The van der Waals surface area contributed by atoms with Crippen molar-refractivity contribution in [3.63, 3.8) is 0 Å². The number of rotatable bonds is 4. The predicted molar refractivity (Wildman–Crippen MR) is 92.8 cm³/mol. The van der Waals surface area contributed by atoms with E-state index in [0.29, 0.717) is 5.56 Å². The molecular formula is C13H10BrIN2O2S. The highest BCUT2D eigenvalue weighted by atomic mass is 127. The van der Waals surface area contributed by atoms with E-state index in [1.165, 1.54) is 0 Å². The summed E-state index contributed by atoms with van der Waals surface area (Å²) in [6, 6.07) is 9.07. The van der Waals surface area contributed by atoms with E-state index >= 15 is 0 Å². The number of amides is 1. The number of benzene rings is 1. The lowest BCUT2D eigenvalue weighted by molar-refractivity contribution is 0.0955. The minimum Gasteiger partial charge on any atom is -0.496 e. The van der Waals surface area contributed by atoms with E-state index in [-0.39, 0.29) is 5.91 Å². The standard InChI is InChI=1S/C13H10BrIN2O2S/c1-19-11-4-2-8(6-10(11)15)13(18)17-16-7-9-3-5-12(14)20-9/h2-7H,1H3,(H,17,18)/b16-7-. The fourth-order valence-electron chi connectivity index (χ4n) is 1.42. The molecule has 2 aromatic rings. The van der Waals surface area contributed by atoms with Crippen molar-refractivity contribution >= 4 is 62.0 Å². The molecule has 0 saturated carbocycles. The van der Waals surface area contributed by atoms with E-state index in [9.17, 15) is 4.79 Å². The SMILES string of the molecule is COc1ccc(C(=O)N/N=C\c2ccc(Br)s2)cc1I. The number of hydrazone groups is 1. The van der Waals surface area contributed by atoms with Gasteiger partial charge < -0.3 is 4.74 Å². The first-order chi connectivity index (χ1) is 9.60. The van der Waals surface area contributed by atoms with Gasteiger partial charge in [-0.15, -0.1) is 11.3 Å². The summed E-state index contributed by atoms with van der Waals surface area (Å²) in [6.45, 7) is 0. The maximum absolute atomic E-state index is 11.9. The molecule has 4 nitrogen and oxygen atoms in total. The molecule has 0 radical (unpaired) electrons. The molecule has 1 N–H and O–H groups in total. The molecule has 104 valence electrons. The number of nitrogens with zero attached hydrogens (tertiary/aromatic N) is 1. The summed E-state index contributed by atoms with van der Waals surface area (Å²) in [4.78, 5) is 12.9. The van der Waals surface area contributed by atoms with E-state index in [2.05, 4.69) is 49.0 Å². The fourth-order valence-corrected chi connectivity index (χ4v) is 3.46. The van der Waals surface area contributed by atoms with Gasteiger partial charge in [0.15, 0.2) is 0 Å². The topological polar surface area (TPSA) is 50.7 Å². The van der Waals surface area contributed by atoms with Gasteiger partial charge in [-0.25, -0.2) is 5.43 Å². The van der Waals surface area contributed by atoms with E-state index in [4.69, 9.17) is 4.74 Å². The number of nitrogens with one attached hydrogen (secondary N) is 1. The van der Waals surface area contributed by atoms with Gasteiger partial charge in [0.05, 0.1) is 20.7 Å². The van der Waals surface area contributed by atoms with Gasteiger partial charge in [-0.05, 0) is 68.9 Å². The number of hydrogen-bond donors (Lipinski definition) is 1. The molecule has 7 heteroatoms. The summed E-state index contributed by atoms with van der Waals surface area (Å²) >= 11 is 7.03. The first kappa shape index (κ1) is 15.5. The van der Waals surface area contributed by atoms with Crippen LogP contribution in [0.25, 0.3) is 0 Å². The first-order valence-corrected chi connectivity index (χ1v) is 8.21. The molecule has 0 spiro atoms. The molecule has 0 aliphatic heterocycles. The number of carbonyl (C=O) groups is 1. The van der Waals surface area contributed by atoms with Crippen LogP contribution in [-0.4, -0.2) is 19.2 Å². The van der Waals surface area contributed by atoms with Crippen LogP contribution in [0.2, 0.25) is 0 Å². The molecular weight excluding hydrogens is 455 g/mol. The van der Waals surface area contributed by atoms with Crippen molar-refractivity contribution in [2.24, 2.45) is 5.10 Å². The maximum atomic E-state index is 11.9. The van der Waals surface area contributed by atoms with Gasteiger partial charge in [0.2, 0.25) is 0 Å². The maximum Gasteiger partial charge on any atom is 0.271 e. The first-order valence-electron chi connectivity index (χ1n) is 5.52. The predicted octanol–water partition coefficient (Wildman–Crippen LogP) is 3.89. The van der Waals surface area contributed by atoms with Crippen LogP contribution in [0, 0.1) is 3.57 Å². The van der Waals surface area contributed by atoms with Crippen molar-refractivity contribution in [2.75, 3.05) is 7.11 Å². The molecule has 0 fully saturated rings. The lowest BCUT2D eigenvalue weighted by atomic mass is 10.2. The highest BCUT2D eigenvalue weighted by Gasteiger charge is 2.07.